The minimum absolute atomic E-state index is 0.0239. The summed E-state index contributed by atoms with van der Waals surface area (Å²) in [5.74, 6) is -0.0239. The summed E-state index contributed by atoms with van der Waals surface area (Å²) in [6.07, 6.45) is -0.106. The Morgan fingerprint density at radius 3 is 2.69 bits per heavy atom. The first-order valence-electron chi connectivity index (χ1n) is 5.10. The first-order chi connectivity index (χ1) is 7.59. The van der Waals surface area contributed by atoms with E-state index in [2.05, 4.69) is 0 Å². The monoisotopic (exact) mass is 219 g/mol. The first-order valence-corrected chi connectivity index (χ1v) is 5.10. The summed E-state index contributed by atoms with van der Waals surface area (Å²) in [5.41, 5.74) is 0.200. The summed E-state index contributed by atoms with van der Waals surface area (Å²) in [4.78, 5) is 17.1. The fourth-order valence-corrected chi connectivity index (χ4v) is 1.56. The molecular weight excluding hydrogens is 206 g/mol. The van der Waals surface area contributed by atoms with Gasteiger partial charge in [0.05, 0.1) is 5.52 Å². The predicted molar refractivity (Wildman–Crippen MR) is 61.6 cm³/mol. The van der Waals surface area contributed by atoms with E-state index in [1.165, 1.54) is 4.73 Å². The van der Waals surface area contributed by atoms with Gasteiger partial charge in [-0.15, -0.1) is 4.73 Å². The van der Waals surface area contributed by atoms with Crippen LogP contribution in [-0.2, 0) is 0 Å². The van der Waals surface area contributed by atoms with Crippen LogP contribution in [0.15, 0.2) is 35.1 Å². The minimum atomic E-state index is -0.370. The number of nitrogens with zero attached hydrogens (tertiary/aromatic N) is 1. The zero-order chi connectivity index (χ0) is 11.7. The molecule has 4 heteroatoms. The summed E-state index contributed by atoms with van der Waals surface area (Å²) in [6.45, 7) is 3.68. The fraction of sp³-hybridized carbons (Fsp3) is 0.250. The van der Waals surface area contributed by atoms with Gasteiger partial charge in [-0.1, -0.05) is 12.1 Å². The van der Waals surface area contributed by atoms with E-state index >= 15 is 0 Å². The predicted octanol–water partition coefficient (Wildman–Crippen LogP) is 1.54. The fourth-order valence-electron chi connectivity index (χ4n) is 1.56. The van der Waals surface area contributed by atoms with Crippen molar-refractivity contribution in [3.8, 4) is 5.75 Å². The van der Waals surface area contributed by atoms with Crippen LogP contribution in [0.5, 0.6) is 5.75 Å². The lowest BCUT2D eigenvalue weighted by molar-refractivity contribution is 0.0615. The molecule has 0 aliphatic heterocycles. The number of aromatic hydroxyl groups is 1. The van der Waals surface area contributed by atoms with Gasteiger partial charge >= 0.3 is 0 Å². The molecule has 0 bridgehead atoms. The normalized spacial score (nSPS) is 10.9. The number of aromatic nitrogens is 1. The summed E-state index contributed by atoms with van der Waals surface area (Å²) in [5, 5.41) is 10.2. The summed E-state index contributed by atoms with van der Waals surface area (Å²) in [6, 6.07) is 8.22. The van der Waals surface area contributed by atoms with Crippen molar-refractivity contribution < 1.29 is 9.94 Å². The second kappa shape index (κ2) is 3.89. The lowest BCUT2D eigenvalue weighted by Gasteiger charge is -2.14. The van der Waals surface area contributed by atoms with Gasteiger partial charge in [0, 0.05) is 11.5 Å². The molecule has 0 aliphatic rings. The van der Waals surface area contributed by atoms with Crippen LogP contribution in [0.1, 0.15) is 13.8 Å². The molecule has 1 aromatic carbocycles. The van der Waals surface area contributed by atoms with E-state index in [0.717, 1.165) is 6.07 Å². The van der Waals surface area contributed by atoms with Crippen molar-refractivity contribution in [1.29, 1.82) is 0 Å². The van der Waals surface area contributed by atoms with E-state index in [-0.39, 0.29) is 17.4 Å². The molecule has 0 aliphatic carbocycles. The van der Waals surface area contributed by atoms with Crippen molar-refractivity contribution in [1.82, 2.24) is 4.73 Å². The van der Waals surface area contributed by atoms with Crippen LogP contribution in [0, 0.1) is 0 Å². The third-order valence-corrected chi connectivity index (χ3v) is 2.18. The van der Waals surface area contributed by atoms with Crippen LogP contribution in [0.25, 0.3) is 10.9 Å². The number of fused-ring (bicyclic) bond motifs is 1. The third-order valence-electron chi connectivity index (χ3n) is 2.18. The third kappa shape index (κ3) is 1.74. The molecule has 0 radical (unpaired) electrons. The highest BCUT2D eigenvalue weighted by Crippen LogP contribution is 2.21. The van der Waals surface area contributed by atoms with E-state index in [1.54, 1.807) is 24.3 Å². The number of hydrogen-bond acceptors (Lipinski definition) is 3. The van der Waals surface area contributed by atoms with Gasteiger partial charge in [-0.2, -0.15) is 0 Å². The van der Waals surface area contributed by atoms with Crippen molar-refractivity contribution in [3.05, 3.63) is 40.7 Å². The Balaban J connectivity index is 2.76. The van der Waals surface area contributed by atoms with Gasteiger partial charge in [0.15, 0.2) is 0 Å². The van der Waals surface area contributed by atoms with E-state index < -0.39 is 0 Å². The molecule has 0 spiro atoms. The van der Waals surface area contributed by atoms with Gasteiger partial charge in [-0.05, 0) is 26.0 Å². The smallest absolute Gasteiger partial charge is 0.287 e. The standard InChI is InChI=1S/C12H13NO3/c1-8(2)16-13-10-6-4-3-5-9(10)11(14)7-12(13)15/h3-8,14H,1-2H3. The Hall–Kier alpha value is -1.97. The summed E-state index contributed by atoms with van der Waals surface area (Å²) >= 11 is 0. The second-order valence-corrected chi connectivity index (χ2v) is 3.83. The molecule has 2 aromatic rings. The highest BCUT2D eigenvalue weighted by Gasteiger charge is 2.09. The largest absolute Gasteiger partial charge is 0.507 e. The van der Waals surface area contributed by atoms with Gasteiger partial charge in [-0.3, -0.25) is 4.79 Å². The van der Waals surface area contributed by atoms with E-state index in [1.807, 2.05) is 13.8 Å². The molecule has 0 amide bonds. The molecule has 4 nitrogen and oxygen atoms in total. The van der Waals surface area contributed by atoms with Crippen molar-refractivity contribution in [2.24, 2.45) is 0 Å². The van der Waals surface area contributed by atoms with Crippen molar-refractivity contribution in [2.75, 3.05) is 0 Å². The maximum atomic E-state index is 11.7. The molecule has 16 heavy (non-hydrogen) atoms. The number of benzene rings is 1. The van der Waals surface area contributed by atoms with Crippen molar-refractivity contribution >= 4 is 10.9 Å². The number of rotatable bonds is 2. The zero-order valence-electron chi connectivity index (χ0n) is 9.18. The Morgan fingerprint density at radius 1 is 1.31 bits per heavy atom. The molecular formula is C12H13NO3. The minimum Gasteiger partial charge on any atom is -0.507 e. The van der Waals surface area contributed by atoms with E-state index in [9.17, 15) is 9.90 Å². The van der Waals surface area contributed by atoms with Gasteiger partial charge in [0.2, 0.25) is 0 Å². The molecule has 0 fully saturated rings. The van der Waals surface area contributed by atoms with Crippen LogP contribution in [0.4, 0.5) is 0 Å². The molecule has 1 aromatic heterocycles. The van der Waals surface area contributed by atoms with Gasteiger partial charge in [0.1, 0.15) is 11.9 Å². The summed E-state index contributed by atoms with van der Waals surface area (Å²) in [7, 11) is 0. The Bertz CT molecular complexity index is 572. The average molecular weight is 219 g/mol. The molecule has 1 N–H and O–H groups in total. The summed E-state index contributed by atoms with van der Waals surface area (Å²) < 4.78 is 1.21. The van der Waals surface area contributed by atoms with E-state index in [0.29, 0.717) is 10.9 Å². The maximum Gasteiger partial charge on any atom is 0.287 e. The second-order valence-electron chi connectivity index (χ2n) is 3.83. The van der Waals surface area contributed by atoms with Crippen LogP contribution >= 0.6 is 0 Å². The van der Waals surface area contributed by atoms with Gasteiger partial charge < -0.3 is 9.94 Å². The number of hydrogen-bond donors (Lipinski definition) is 1. The van der Waals surface area contributed by atoms with Crippen LogP contribution in [0.2, 0.25) is 0 Å². The van der Waals surface area contributed by atoms with Crippen LogP contribution in [0.3, 0.4) is 0 Å². The maximum absolute atomic E-state index is 11.7. The molecule has 0 unspecified atom stereocenters. The lowest BCUT2D eigenvalue weighted by Crippen LogP contribution is -2.30. The number of para-hydroxylation sites is 1. The SMILES string of the molecule is CC(C)On1c(=O)cc(O)c2ccccc21. The lowest BCUT2D eigenvalue weighted by atomic mass is 10.2. The molecule has 0 saturated heterocycles. The van der Waals surface area contributed by atoms with Gasteiger partial charge in [0.25, 0.3) is 5.56 Å². The Labute approximate surface area is 92.7 Å². The Kier molecular flexibility index (Phi) is 2.56. The molecule has 1 heterocycles. The highest BCUT2D eigenvalue weighted by atomic mass is 16.7. The molecule has 84 valence electrons. The van der Waals surface area contributed by atoms with Crippen LogP contribution < -0.4 is 10.4 Å². The van der Waals surface area contributed by atoms with Crippen molar-refractivity contribution in [3.63, 3.8) is 0 Å². The van der Waals surface area contributed by atoms with Crippen molar-refractivity contribution in [2.45, 2.75) is 20.0 Å². The van der Waals surface area contributed by atoms with Gasteiger partial charge in [-0.25, -0.2) is 0 Å². The zero-order valence-corrected chi connectivity index (χ0v) is 9.18. The Morgan fingerprint density at radius 2 is 2.00 bits per heavy atom. The molecule has 0 saturated carbocycles. The molecule has 2 rings (SSSR count). The highest BCUT2D eigenvalue weighted by molar-refractivity contribution is 5.84. The molecule has 0 atom stereocenters. The average Bonchev–Trinajstić information content (AvgIpc) is 2.24. The number of pyridine rings is 1. The topological polar surface area (TPSA) is 51.5 Å². The van der Waals surface area contributed by atoms with Crippen LogP contribution in [-0.4, -0.2) is 15.9 Å². The quantitative estimate of drug-likeness (QED) is 0.833. The first kappa shape index (κ1) is 10.5. The van der Waals surface area contributed by atoms with E-state index in [4.69, 9.17) is 4.84 Å².